The van der Waals surface area contributed by atoms with Crippen molar-refractivity contribution in [1.82, 2.24) is 4.90 Å². The van der Waals surface area contributed by atoms with Gasteiger partial charge in [0.1, 0.15) is 0 Å². The number of nitrogens with two attached hydrogens (primary N) is 1. The van der Waals surface area contributed by atoms with Crippen LogP contribution >= 0.6 is 0 Å². The number of hydrogen-bond acceptors (Lipinski definition) is 2. The van der Waals surface area contributed by atoms with Crippen LogP contribution in [0.5, 0.6) is 0 Å². The van der Waals surface area contributed by atoms with Crippen LogP contribution in [0.25, 0.3) is 0 Å². The van der Waals surface area contributed by atoms with Gasteiger partial charge in [-0.15, -0.1) is 0 Å². The summed E-state index contributed by atoms with van der Waals surface area (Å²) in [6.45, 7) is 5.15. The van der Waals surface area contributed by atoms with Crippen LogP contribution in [0.4, 0.5) is 13.2 Å². The number of halogens is 3. The summed E-state index contributed by atoms with van der Waals surface area (Å²) in [5.74, 6) is 0. The van der Waals surface area contributed by atoms with E-state index < -0.39 is 12.6 Å². The van der Waals surface area contributed by atoms with Gasteiger partial charge in [0.05, 0.1) is 6.42 Å². The summed E-state index contributed by atoms with van der Waals surface area (Å²) in [6.07, 6.45) is -3.95. The molecule has 0 rings (SSSR count). The Labute approximate surface area is 89.6 Å². The van der Waals surface area contributed by atoms with E-state index in [4.69, 9.17) is 5.73 Å². The molecule has 2 N–H and O–H groups in total. The van der Waals surface area contributed by atoms with Gasteiger partial charge in [0.2, 0.25) is 0 Å². The molecule has 15 heavy (non-hydrogen) atoms. The summed E-state index contributed by atoms with van der Waals surface area (Å²) >= 11 is 0. The van der Waals surface area contributed by atoms with Gasteiger partial charge in [0.25, 0.3) is 0 Å². The fourth-order valence-corrected chi connectivity index (χ4v) is 1.37. The molecule has 1 unspecified atom stereocenters. The highest BCUT2D eigenvalue weighted by atomic mass is 19.4. The van der Waals surface area contributed by atoms with Crippen LogP contribution in [0.1, 0.15) is 26.7 Å². The number of alkyl halides is 3. The monoisotopic (exact) mass is 226 g/mol. The second-order valence-electron chi connectivity index (χ2n) is 4.47. The van der Waals surface area contributed by atoms with E-state index in [1.807, 2.05) is 13.8 Å². The molecule has 0 aliphatic rings. The summed E-state index contributed by atoms with van der Waals surface area (Å²) in [6, 6.07) is 0. The van der Waals surface area contributed by atoms with Crippen LogP contribution in [0.15, 0.2) is 0 Å². The Kier molecular flexibility index (Phi) is 5.59. The van der Waals surface area contributed by atoms with Crippen LogP contribution in [-0.4, -0.2) is 37.8 Å². The molecule has 0 aliphatic heterocycles. The first kappa shape index (κ1) is 14.7. The number of rotatable bonds is 6. The third-order valence-electron chi connectivity index (χ3n) is 2.77. The van der Waals surface area contributed by atoms with Crippen molar-refractivity contribution in [3.63, 3.8) is 0 Å². The van der Waals surface area contributed by atoms with Crippen LogP contribution in [0.2, 0.25) is 0 Å². The van der Waals surface area contributed by atoms with E-state index in [-0.39, 0.29) is 12.0 Å². The maximum atomic E-state index is 12.0. The van der Waals surface area contributed by atoms with E-state index >= 15 is 0 Å². The lowest BCUT2D eigenvalue weighted by molar-refractivity contribution is -0.137. The van der Waals surface area contributed by atoms with Gasteiger partial charge >= 0.3 is 6.18 Å². The summed E-state index contributed by atoms with van der Waals surface area (Å²) in [4.78, 5) is 1.70. The quantitative estimate of drug-likeness (QED) is 0.752. The van der Waals surface area contributed by atoms with E-state index in [0.717, 1.165) is 6.42 Å². The first-order chi connectivity index (χ1) is 6.72. The molecule has 0 heterocycles. The van der Waals surface area contributed by atoms with Gasteiger partial charge in [0, 0.05) is 13.1 Å². The van der Waals surface area contributed by atoms with E-state index in [1.165, 1.54) is 0 Å². The first-order valence-electron chi connectivity index (χ1n) is 5.18. The molecule has 2 nitrogen and oxygen atoms in total. The van der Waals surface area contributed by atoms with Gasteiger partial charge in [-0.05, 0) is 25.4 Å². The predicted octanol–water partition coefficient (Wildman–Crippen LogP) is 2.25. The first-order valence-corrected chi connectivity index (χ1v) is 5.18. The van der Waals surface area contributed by atoms with Crippen molar-refractivity contribution in [3.05, 3.63) is 0 Å². The fraction of sp³-hybridized carbons (Fsp3) is 1.00. The van der Waals surface area contributed by atoms with Crippen molar-refractivity contribution < 1.29 is 13.2 Å². The molecule has 1 atom stereocenters. The SMILES string of the molecule is CCC(C)(CN)CN(C)CCC(F)(F)F. The molecule has 0 radical (unpaired) electrons. The van der Waals surface area contributed by atoms with E-state index in [2.05, 4.69) is 0 Å². The second-order valence-corrected chi connectivity index (χ2v) is 4.47. The molecule has 0 spiro atoms. The zero-order valence-electron chi connectivity index (χ0n) is 9.69. The Hall–Kier alpha value is -0.290. The fourth-order valence-electron chi connectivity index (χ4n) is 1.37. The molecular formula is C10H21F3N2. The maximum absolute atomic E-state index is 12.0. The van der Waals surface area contributed by atoms with Crippen LogP contribution in [0, 0.1) is 5.41 Å². The minimum atomic E-state index is -4.07. The van der Waals surface area contributed by atoms with Crippen LogP contribution < -0.4 is 5.73 Å². The standard InChI is InChI=1S/C10H21F3N2/c1-4-9(2,7-14)8-15(3)6-5-10(11,12)13/h4-8,14H2,1-3H3. The summed E-state index contributed by atoms with van der Waals surface area (Å²) in [5.41, 5.74) is 5.52. The summed E-state index contributed by atoms with van der Waals surface area (Å²) in [7, 11) is 1.70. The van der Waals surface area contributed by atoms with Crippen molar-refractivity contribution in [1.29, 1.82) is 0 Å². The van der Waals surface area contributed by atoms with Gasteiger partial charge in [0.15, 0.2) is 0 Å². The number of hydrogen-bond donors (Lipinski definition) is 1. The maximum Gasteiger partial charge on any atom is 0.390 e. The average molecular weight is 226 g/mol. The van der Waals surface area contributed by atoms with Crippen LogP contribution in [0.3, 0.4) is 0 Å². The molecule has 5 heteroatoms. The molecule has 0 amide bonds. The molecule has 0 fully saturated rings. The van der Waals surface area contributed by atoms with Crippen molar-refractivity contribution in [3.8, 4) is 0 Å². The van der Waals surface area contributed by atoms with E-state index in [0.29, 0.717) is 13.1 Å². The normalized spacial score (nSPS) is 16.8. The van der Waals surface area contributed by atoms with Gasteiger partial charge in [-0.1, -0.05) is 13.8 Å². The van der Waals surface area contributed by atoms with Crippen LogP contribution in [-0.2, 0) is 0 Å². The zero-order chi connectivity index (χ0) is 12.1. The summed E-state index contributed by atoms with van der Waals surface area (Å²) in [5, 5.41) is 0. The lowest BCUT2D eigenvalue weighted by Crippen LogP contribution is -2.39. The van der Waals surface area contributed by atoms with Gasteiger partial charge in [-0.3, -0.25) is 0 Å². The van der Waals surface area contributed by atoms with E-state index in [9.17, 15) is 13.2 Å². The van der Waals surface area contributed by atoms with Gasteiger partial charge < -0.3 is 10.6 Å². The van der Waals surface area contributed by atoms with E-state index in [1.54, 1.807) is 11.9 Å². The van der Waals surface area contributed by atoms with Gasteiger partial charge in [-0.2, -0.15) is 13.2 Å². The molecule has 0 aromatic heterocycles. The lowest BCUT2D eigenvalue weighted by atomic mass is 9.87. The Bertz CT molecular complexity index is 176. The molecule has 0 aromatic carbocycles. The van der Waals surface area contributed by atoms with Crippen molar-refractivity contribution in [2.75, 3.05) is 26.7 Å². The topological polar surface area (TPSA) is 29.3 Å². The second kappa shape index (κ2) is 5.70. The zero-order valence-corrected chi connectivity index (χ0v) is 9.69. The molecule has 0 saturated heterocycles. The molecule has 92 valence electrons. The van der Waals surface area contributed by atoms with Crippen molar-refractivity contribution >= 4 is 0 Å². The smallest absolute Gasteiger partial charge is 0.330 e. The predicted molar refractivity (Wildman–Crippen MR) is 55.6 cm³/mol. The molecule has 0 aromatic rings. The molecule has 0 saturated carbocycles. The Morgan fingerprint density at radius 2 is 1.80 bits per heavy atom. The number of nitrogens with zero attached hydrogens (tertiary/aromatic N) is 1. The molecular weight excluding hydrogens is 205 g/mol. The molecule has 0 bridgehead atoms. The Balaban J connectivity index is 3.97. The van der Waals surface area contributed by atoms with Crippen molar-refractivity contribution in [2.45, 2.75) is 32.9 Å². The van der Waals surface area contributed by atoms with Crippen molar-refractivity contribution in [2.24, 2.45) is 11.1 Å². The highest BCUT2D eigenvalue weighted by Gasteiger charge is 2.28. The summed E-state index contributed by atoms with van der Waals surface area (Å²) < 4.78 is 35.9. The highest BCUT2D eigenvalue weighted by Crippen LogP contribution is 2.23. The Morgan fingerprint density at radius 3 is 2.13 bits per heavy atom. The lowest BCUT2D eigenvalue weighted by Gasteiger charge is -2.31. The van der Waals surface area contributed by atoms with Gasteiger partial charge in [-0.25, -0.2) is 0 Å². The average Bonchev–Trinajstić information content (AvgIpc) is 2.13. The minimum Gasteiger partial charge on any atom is -0.330 e. The third kappa shape index (κ3) is 6.73. The third-order valence-corrected chi connectivity index (χ3v) is 2.77. The minimum absolute atomic E-state index is 0.0408. The Morgan fingerprint density at radius 1 is 1.27 bits per heavy atom. The largest absolute Gasteiger partial charge is 0.390 e. The molecule has 0 aliphatic carbocycles. The highest BCUT2D eigenvalue weighted by molar-refractivity contribution is 4.77.